The molecule has 0 aromatic carbocycles. The van der Waals surface area contributed by atoms with Gasteiger partial charge in [-0.3, -0.25) is 0 Å². The van der Waals surface area contributed by atoms with Crippen LogP contribution in [0.4, 0.5) is 0 Å². The molecule has 3 heteroatoms. The van der Waals surface area contributed by atoms with Gasteiger partial charge in [-0.25, -0.2) is 4.98 Å². The zero-order valence-electron chi connectivity index (χ0n) is 9.53. The molecule has 0 amide bonds. The second-order valence-corrected chi connectivity index (χ2v) is 5.45. The molecule has 1 aliphatic carbocycles. The molecule has 3 rings (SSSR count). The maximum atomic E-state index is 4.33. The normalized spacial score (nSPS) is 29.6. The summed E-state index contributed by atoms with van der Waals surface area (Å²) >= 11 is 0. The van der Waals surface area contributed by atoms with Crippen LogP contribution in [0.3, 0.4) is 0 Å². The zero-order valence-corrected chi connectivity index (χ0v) is 9.53. The van der Waals surface area contributed by atoms with E-state index in [0.29, 0.717) is 5.92 Å². The first-order valence-corrected chi connectivity index (χ1v) is 5.95. The van der Waals surface area contributed by atoms with Crippen molar-refractivity contribution in [3.05, 3.63) is 18.2 Å². The van der Waals surface area contributed by atoms with Crippen LogP contribution in [0, 0.1) is 0 Å². The van der Waals surface area contributed by atoms with E-state index >= 15 is 0 Å². The van der Waals surface area contributed by atoms with E-state index in [2.05, 4.69) is 34.9 Å². The van der Waals surface area contributed by atoms with E-state index in [1.54, 1.807) is 0 Å². The fourth-order valence-electron chi connectivity index (χ4n) is 2.78. The van der Waals surface area contributed by atoms with Crippen LogP contribution in [0.1, 0.15) is 50.8 Å². The molecule has 1 aromatic rings. The van der Waals surface area contributed by atoms with Crippen molar-refractivity contribution in [3.63, 3.8) is 0 Å². The van der Waals surface area contributed by atoms with Crippen LogP contribution in [0.2, 0.25) is 0 Å². The Morgan fingerprint density at radius 1 is 1.40 bits per heavy atom. The van der Waals surface area contributed by atoms with Gasteiger partial charge >= 0.3 is 0 Å². The molecule has 0 spiro atoms. The van der Waals surface area contributed by atoms with E-state index in [4.69, 9.17) is 0 Å². The molecule has 1 aromatic heterocycles. The van der Waals surface area contributed by atoms with Gasteiger partial charge in [0.25, 0.3) is 0 Å². The summed E-state index contributed by atoms with van der Waals surface area (Å²) in [6, 6.07) is 0.749. The fraction of sp³-hybridized carbons (Fsp3) is 0.750. The molecular weight excluding hydrogens is 186 g/mol. The number of aromatic nitrogens is 2. The minimum atomic E-state index is 0.229. The Balaban J connectivity index is 1.94. The third-order valence-corrected chi connectivity index (χ3v) is 3.88. The van der Waals surface area contributed by atoms with Gasteiger partial charge in [0.05, 0.1) is 6.33 Å². The van der Waals surface area contributed by atoms with Gasteiger partial charge < -0.3 is 9.88 Å². The van der Waals surface area contributed by atoms with Crippen molar-refractivity contribution >= 4 is 0 Å². The second-order valence-electron chi connectivity index (χ2n) is 5.45. The minimum absolute atomic E-state index is 0.229. The standard InChI is InChI=1S/C12H19N3/c1-12(2)10(5-6-14-12)11-7-13-8-15(11)9-3-4-9/h7-10,14H,3-6H2,1-2H3. The largest absolute Gasteiger partial charge is 0.331 e. The van der Waals surface area contributed by atoms with Gasteiger partial charge in [0.15, 0.2) is 0 Å². The highest BCUT2D eigenvalue weighted by atomic mass is 15.1. The van der Waals surface area contributed by atoms with Crippen LogP contribution in [0.5, 0.6) is 0 Å². The van der Waals surface area contributed by atoms with Crippen molar-refractivity contribution in [2.24, 2.45) is 0 Å². The predicted octanol–water partition coefficient (Wildman–Crippen LogP) is 2.07. The molecule has 1 N–H and O–H groups in total. The summed E-state index contributed by atoms with van der Waals surface area (Å²) in [6.45, 7) is 5.73. The Bertz CT molecular complexity index is 363. The molecule has 2 heterocycles. The first-order valence-electron chi connectivity index (χ1n) is 5.95. The topological polar surface area (TPSA) is 29.9 Å². The summed E-state index contributed by atoms with van der Waals surface area (Å²) in [5, 5.41) is 3.58. The van der Waals surface area contributed by atoms with Crippen molar-refractivity contribution in [3.8, 4) is 0 Å². The van der Waals surface area contributed by atoms with Crippen LogP contribution >= 0.6 is 0 Å². The average Bonchev–Trinajstić information content (AvgIpc) is 2.81. The summed E-state index contributed by atoms with van der Waals surface area (Å²) < 4.78 is 2.40. The number of rotatable bonds is 2. The molecule has 1 atom stereocenters. The summed E-state index contributed by atoms with van der Waals surface area (Å²) in [4.78, 5) is 4.33. The lowest BCUT2D eigenvalue weighted by Crippen LogP contribution is -2.37. The zero-order chi connectivity index (χ0) is 10.5. The van der Waals surface area contributed by atoms with Gasteiger partial charge in [0, 0.05) is 29.4 Å². The Morgan fingerprint density at radius 2 is 2.20 bits per heavy atom. The number of nitrogens with one attached hydrogen (secondary N) is 1. The average molecular weight is 205 g/mol. The van der Waals surface area contributed by atoms with Gasteiger partial charge in [-0.1, -0.05) is 0 Å². The highest BCUT2D eigenvalue weighted by Crippen LogP contribution is 2.41. The first kappa shape index (κ1) is 9.40. The summed E-state index contributed by atoms with van der Waals surface area (Å²) in [5.74, 6) is 0.626. The molecule has 1 saturated carbocycles. The monoisotopic (exact) mass is 205 g/mol. The highest BCUT2D eigenvalue weighted by molar-refractivity contribution is 5.18. The maximum absolute atomic E-state index is 4.33. The third-order valence-electron chi connectivity index (χ3n) is 3.88. The quantitative estimate of drug-likeness (QED) is 0.801. The van der Waals surface area contributed by atoms with Crippen LogP contribution < -0.4 is 5.32 Å². The lowest BCUT2D eigenvalue weighted by molar-refractivity contribution is 0.395. The van der Waals surface area contributed by atoms with Crippen molar-refractivity contribution in [2.75, 3.05) is 6.54 Å². The van der Waals surface area contributed by atoms with E-state index in [1.165, 1.54) is 25.0 Å². The van der Waals surface area contributed by atoms with E-state index in [-0.39, 0.29) is 5.54 Å². The van der Waals surface area contributed by atoms with E-state index in [1.807, 2.05) is 6.33 Å². The van der Waals surface area contributed by atoms with Crippen molar-refractivity contribution in [1.82, 2.24) is 14.9 Å². The molecule has 1 saturated heterocycles. The van der Waals surface area contributed by atoms with E-state index in [9.17, 15) is 0 Å². The van der Waals surface area contributed by atoms with E-state index < -0.39 is 0 Å². The van der Waals surface area contributed by atoms with E-state index in [0.717, 1.165) is 12.6 Å². The molecule has 15 heavy (non-hydrogen) atoms. The Morgan fingerprint density at radius 3 is 2.80 bits per heavy atom. The smallest absolute Gasteiger partial charge is 0.0950 e. The second kappa shape index (κ2) is 3.08. The van der Waals surface area contributed by atoms with Gasteiger partial charge in [-0.15, -0.1) is 0 Å². The maximum Gasteiger partial charge on any atom is 0.0950 e. The molecule has 2 fully saturated rings. The summed E-state index contributed by atoms with van der Waals surface area (Å²) in [5.41, 5.74) is 1.67. The van der Waals surface area contributed by atoms with Crippen molar-refractivity contribution in [1.29, 1.82) is 0 Å². The fourth-order valence-corrected chi connectivity index (χ4v) is 2.78. The molecule has 1 unspecified atom stereocenters. The van der Waals surface area contributed by atoms with Crippen molar-refractivity contribution < 1.29 is 0 Å². The number of hydrogen-bond acceptors (Lipinski definition) is 2. The Kier molecular flexibility index (Phi) is 1.93. The summed E-state index contributed by atoms with van der Waals surface area (Å²) in [6.07, 6.45) is 8.00. The van der Waals surface area contributed by atoms with Crippen molar-refractivity contribution in [2.45, 2.75) is 50.6 Å². The molecular formula is C12H19N3. The van der Waals surface area contributed by atoms with Crippen LogP contribution in [0.15, 0.2) is 12.5 Å². The predicted molar refractivity (Wildman–Crippen MR) is 59.9 cm³/mol. The lowest BCUT2D eigenvalue weighted by atomic mass is 9.87. The number of hydrogen-bond donors (Lipinski definition) is 1. The van der Waals surface area contributed by atoms with Crippen LogP contribution in [0.25, 0.3) is 0 Å². The number of imidazole rings is 1. The Hall–Kier alpha value is -0.830. The molecule has 1 aliphatic heterocycles. The molecule has 3 nitrogen and oxygen atoms in total. The van der Waals surface area contributed by atoms with Crippen LogP contribution in [-0.2, 0) is 0 Å². The van der Waals surface area contributed by atoms with Crippen LogP contribution in [-0.4, -0.2) is 21.6 Å². The third kappa shape index (κ3) is 1.49. The highest BCUT2D eigenvalue weighted by Gasteiger charge is 2.38. The van der Waals surface area contributed by atoms with Gasteiger partial charge in [0.2, 0.25) is 0 Å². The number of nitrogens with zero attached hydrogens (tertiary/aromatic N) is 2. The molecule has 0 radical (unpaired) electrons. The first-order chi connectivity index (χ1) is 7.18. The summed E-state index contributed by atoms with van der Waals surface area (Å²) in [7, 11) is 0. The lowest BCUT2D eigenvalue weighted by Gasteiger charge is -2.27. The van der Waals surface area contributed by atoms with Gasteiger partial charge in [-0.05, 0) is 39.7 Å². The van der Waals surface area contributed by atoms with Gasteiger partial charge in [-0.2, -0.15) is 0 Å². The SMILES string of the molecule is CC1(C)NCCC1c1cncn1C1CC1. The minimum Gasteiger partial charge on any atom is -0.331 e. The molecule has 82 valence electrons. The Labute approximate surface area is 90.9 Å². The van der Waals surface area contributed by atoms with Gasteiger partial charge in [0.1, 0.15) is 0 Å². The molecule has 2 aliphatic rings. The molecule has 0 bridgehead atoms.